The minimum absolute atomic E-state index is 0.171. The van der Waals surface area contributed by atoms with Crippen molar-refractivity contribution in [3.05, 3.63) is 29.8 Å². The number of piperidine rings is 1. The molecule has 1 heterocycles. The minimum Gasteiger partial charge on any atom is -0.369 e. The van der Waals surface area contributed by atoms with Gasteiger partial charge in [-0.3, -0.25) is 0 Å². The lowest BCUT2D eigenvalue weighted by atomic mass is 9.86. The van der Waals surface area contributed by atoms with E-state index in [4.69, 9.17) is 11.0 Å². The van der Waals surface area contributed by atoms with Crippen molar-refractivity contribution in [2.75, 3.05) is 18.0 Å². The molecule has 3 nitrogen and oxygen atoms in total. The molecule has 0 bridgehead atoms. The first kappa shape index (κ1) is 13.9. The molecule has 1 aliphatic heterocycles. The third-order valence-corrected chi connectivity index (χ3v) is 3.85. The van der Waals surface area contributed by atoms with Crippen LogP contribution in [0.25, 0.3) is 0 Å². The van der Waals surface area contributed by atoms with Crippen LogP contribution in [0.1, 0.15) is 39.2 Å². The van der Waals surface area contributed by atoms with Gasteiger partial charge in [0, 0.05) is 18.8 Å². The van der Waals surface area contributed by atoms with Crippen molar-refractivity contribution in [1.29, 1.82) is 5.26 Å². The van der Waals surface area contributed by atoms with Gasteiger partial charge in [0.2, 0.25) is 0 Å². The molecule has 0 aromatic heterocycles. The van der Waals surface area contributed by atoms with Crippen molar-refractivity contribution in [3.8, 4) is 6.07 Å². The number of nitriles is 1. The zero-order chi connectivity index (χ0) is 14.1. The predicted molar refractivity (Wildman–Crippen MR) is 79.1 cm³/mol. The van der Waals surface area contributed by atoms with Gasteiger partial charge in [-0.15, -0.1) is 0 Å². The van der Waals surface area contributed by atoms with Gasteiger partial charge in [-0.1, -0.05) is 32.9 Å². The second-order valence-corrected chi connectivity index (χ2v) is 6.59. The van der Waals surface area contributed by atoms with Crippen molar-refractivity contribution in [2.45, 2.75) is 44.6 Å². The number of rotatable bonds is 1. The SMILES string of the molecule is CC(C)(C)c1ccc(N2CCCC(N)(C#N)C2)cc1. The molecule has 0 radical (unpaired) electrons. The van der Waals surface area contributed by atoms with E-state index in [0.29, 0.717) is 6.54 Å². The van der Waals surface area contributed by atoms with Crippen LogP contribution >= 0.6 is 0 Å². The molecule has 1 atom stereocenters. The number of benzene rings is 1. The van der Waals surface area contributed by atoms with E-state index in [0.717, 1.165) is 25.1 Å². The van der Waals surface area contributed by atoms with Crippen LogP contribution in [0, 0.1) is 11.3 Å². The minimum atomic E-state index is -0.694. The maximum atomic E-state index is 9.16. The van der Waals surface area contributed by atoms with E-state index in [1.807, 2.05) is 0 Å². The summed E-state index contributed by atoms with van der Waals surface area (Å²) in [6, 6.07) is 10.9. The van der Waals surface area contributed by atoms with E-state index in [2.05, 4.69) is 56.0 Å². The fraction of sp³-hybridized carbons (Fsp3) is 0.562. The highest BCUT2D eigenvalue weighted by atomic mass is 15.2. The zero-order valence-electron chi connectivity index (χ0n) is 12.1. The third-order valence-electron chi connectivity index (χ3n) is 3.85. The Hall–Kier alpha value is -1.53. The predicted octanol–water partition coefficient (Wildman–Crippen LogP) is 2.81. The Bertz CT molecular complexity index is 478. The lowest BCUT2D eigenvalue weighted by molar-refractivity contribution is 0.424. The van der Waals surface area contributed by atoms with E-state index in [9.17, 15) is 0 Å². The highest BCUT2D eigenvalue weighted by Crippen LogP contribution is 2.27. The maximum Gasteiger partial charge on any atom is 0.121 e. The van der Waals surface area contributed by atoms with E-state index < -0.39 is 5.54 Å². The molecule has 1 saturated heterocycles. The molecule has 2 rings (SSSR count). The summed E-state index contributed by atoms with van der Waals surface area (Å²) in [5.74, 6) is 0. The summed E-state index contributed by atoms with van der Waals surface area (Å²) in [4.78, 5) is 2.22. The van der Waals surface area contributed by atoms with Gasteiger partial charge in [0.25, 0.3) is 0 Å². The Morgan fingerprint density at radius 1 is 1.26 bits per heavy atom. The van der Waals surface area contributed by atoms with Crippen LogP contribution in [0.3, 0.4) is 0 Å². The summed E-state index contributed by atoms with van der Waals surface area (Å²) >= 11 is 0. The van der Waals surface area contributed by atoms with Crippen LogP contribution < -0.4 is 10.6 Å². The van der Waals surface area contributed by atoms with Gasteiger partial charge < -0.3 is 10.6 Å². The Labute approximate surface area is 116 Å². The fourth-order valence-corrected chi connectivity index (χ4v) is 2.57. The molecule has 0 amide bonds. The zero-order valence-corrected chi connectivity index (χ0v) is 12.1. The summed E-state index contributed by atoms with van der Waals surface area (Å²) < 4.78 is 0. The standard InChI is InChI=1S/C16H23N3/c1-15(2,3)13-5-7-14(8-6-13)19-10-4-9-16(18,11-17)12-19/h5-8H,4,9-10,12,18H2,1-3H3. The van der Waals surface area contributed by atoms with E-state index >= 15 is 0 Å². The molecule has 1 unspecified atom stereocenters. The summed E-state index contributed by atoms with van der Waals surface area (Å²) in [7, 11) is 0. The van der Waals surface area contributed by atoms with E-state index in [1.165, 1.54) is 5.56 Å². The Kier molecular flexibility index (Phi) is 3.56. The second-order valence-electron chi connectivity index (χ2n) is 6.59. The van der Waals surface area contributed by atoms with Crippen LogP contribution in [0.15, 0.2) is 24.3 Å². The van der Waals surface area contributed by atoms with Gasteiger partial charge in [-0.05, 0) is 36.0 Å². The molecule has 0 saturated carbocycles. The monoisotopic (exact) mass is 257 g/mol. The van der Waals surface area contributed by atoms with E-state index in [1.54, 1.807) is 0 Å². The molecular formula is C16H23N3. The van der Waals surface area contributed by atoms with Crippen molar-refractivity contribution < 1.29 is 0 Å². The average molecular weight is 257 g/mol. The van der Waals surface area contributed by atoms with Gasteiger partial charge >= 0.3 is 0 Å². The first-order chi connectivity index (χ1) is 8.84. The molecule has 1 aliphatic rings. The van der Waals surface area contributed by atoms with Gasteiger partial charge in [-0.25, -0.2) is 0 Å². The van der Waals surface area contributed by atoms with Crippen LogP contribution in [-0.4, -0.2) is 18.6 Å². The molecule has 1 aromatic carbocycles. The lowest BCUT2D eigenvalue weighted by Gasteiger charge is -2.37. The van der Waals surface area contributed by atoms with Crippen LogP contribution in [-0.2, 0) is 5.41 Å². The Morgan fingerprint density at radius 2 is 1.89 bits per heavy atom. The first-order valence-electron chi connectivity index (χ1n) is 6.90. The molecule has 3 heteroatoms. The summed E-state index contributed by atoms with van der Waals surface area (Å²) in [5, 5.41) is 9.16. The quantitative estimate of drug-likeness (QED) is 0.841. The first-order valence-corrected chi connectivity index (χ1v) is 6.90. The van der Waals surface area contributed by atoms with Crippen molar-refractivity contribution in [1.82, 2.24) is 0 Å². The summed E-state index contributed by atoms with van der Waals surface area (Å²) in [6.07, 6.45) is 1.77. The van der Waals surface area contributed by atoms with Crippen LogP contribution in [0.2, 0.25) is 0 Å². The molecule has 0 spiro atoms. The number of anilines is 1. The molecule has 2 N–H and O–H groups in total. The normalized spacial score (nSPS) is 24.1. The lowest BCUT2D eigenvalue weighted by Crippen LogP contribution is -2.53. The molecule has 19 heavy (non-hydrogen) atoms. The van der Waals surface area contributed by atoms with Crippen molar-refractivity contribution in [3.63, 3.8) is 0 Å². The largest absolute Gasteiger partial charge is 0.369 e. The molecule has 102 valence electrons. The molecular weight excluding hydrogens is 234 g/mol. The number of nitrogens with two attached hydrogens (primary N) is 1. The summed E-state index contributed by atoms with van der Waals surface area (Å²) in [6.45, 7) is 8.24. The second kappa shape index (κ2) is 4.86. The highest BCUT2D eigenvalue weighted by Gasteiger charge is 2.31. The van der Waals surface area contributed by atoms with Gasteiger partial charge in [0.05, 0.1) is 6.07 Å². The Balaban J connectivity index is 2.17. The van der Waals surface area contributed by atoms with Gasteiger partial charge in [0.1, 0.15) is 5.54 Å². The number of hydrogen-bond acceptors (Lipinski definition) is 3. The van der Waals surface area contributed by atoms with Crippen molar-refractivity contribution in [2.24, 2.45) is 5.73 Å². The van der Waals surface area contributed by atoms with Crippen LogP contribution in [0.5, 0.6) is 0 Å². The van der Waals surface area contributed by atoms with Gasteiger partial charge in [0.15, 0.2) is 0 Å². The average Bonchev–Trinajstić information content (AvgIpc) is 2.38. The maximum absolute atomic E-state index is 9.16. The smallest absolute Gasteiger partial charge is 0.121 e. The highest BCUT2D eigenvalue weighted by molar-refractivity contribution is 5.50. The van der Waals surface area contributed by atoms with Crippen LogP contribution in [0.4, 0.5) is 5.69 Å². The molecule has 1 fully saturated rings. The van der Waals surface area contributed by atoms with E-state index in [-0.39, 0.29) is 5.41 Å². The number of nitrogens with zero attached hydrogens (tertiary/aromatic N) is 2. The fourth-order valence-electron chi connectivity index (χ4n) is 2.57. The molecule has 0 aliphatic carbocycles. The summed E-state index contributed by atoms with van der Waals surface area (Å²) in [5.41, 5.74) is 8.05. The van der Waals surface area contributed by atoms with Crippen molar-refractivity contribution >= 4 is 5.69 Å². The molecule has 1 aromatic rings. The topological polar surface area (TPSA) is 53.0 Å². The third kappa shape index (κ3) is 3.08. The van der Waals surface area contributed by atoms with Gasteiger partial charge in [-0.2, -0.15) is 5.26 Å². The Morgan fingerprint density at radius 3 is 2.42 bits per heavy atom. The number of hydrogen-bond donors (Lipinski definition) is 1.